The third-order valence-electron chi connectivity index (χ3n) is 4.04. The van der Waals surface area contributed by atoms with Gasteiger partial charge in [-0.2, -0.15) is 5.10 Å². The summed E-state index contributed by atoms with van der Waals surface area (Å²) in [5, 5.41) is 19.9. The van der Waals surface area contributed by atoms with Crippen LogP contribution < -0.4 is 5.32 Å². The molecule has 1 amide bonds. The number of carbonyl (C=O) groups is 2. The Bertz CT molecular complexity index is 740. The van der Waals surface area contributed by atoms with Gasteiger partial charge in [0.2, 0.25) is 5.91 Å². The molecule has 2 aromatic rings. The fourth-order valence-corrected chi connectivity index (χ4v) is 2.58. The van der Waals surface area contributed by atoms with Crippen molar-refractivity contribution in [2.24, 2.45) is 0 Å². The summed E-state index contributed by atoms with van der Waals surface area (Å²) in [6, 6.07) is 0. The first-order valence-corrected chi connectivity index (χ1v) is 7.64. The average Bonchev–Trinajstić information content (AvgIpc) is 3.06. The van der Waals surface area contributed by atoms with Crippen molar-refractivity contribution in [1.29, 1.82) is 0 Å². The number of hydrogen-bond donors (Lipinski definition) is 2. The van der Waals surface area contributed by atoms with Crippen LogP contribution in [0.3, 0.4) is 0 Å². The molecule has 0 bridgehead atoms. The molecular formula is C16H22N4O4. The Morgan fingerprint density at radius 2 is 2.08 bits per heavy atom. The number of amides is 1. The van der Waals surface area contributed by atoms with E-state index in [-0.39, 0.29) is 18.2 Å². The summed E-state index contributed by atoms with van der Waals surface area (Å²) < 4.78 is 6.44. The maximum absolute atomic E-state index is 12.2. The van der Waals surface area contributed by atoms with Gasteiger partial charge >= 0.3 is 5.97 Å². The molecule has 0 saturated heterocycles. The van der Waals surface area contributed by atoms with Crippen molar-refractivity contribution in [3.63, 3.8) is 0 Å². The predicted molar refractivity (Wildman–Crippen MR) is 86.8 cm³/mol. The monoisotopic (exact) mass is 334 g/mol. The molecule has 0 aliphatic heterocycles. The maximum atomic E-state index is 12.2. The molecule has 2 heterocycles. The van der Waals surface area contributed by atoms with Crippen molar-refractivity contribution in [2.75, 3.05) is 5.32 Å². The zero-order chi connectivity index (χ0) is 18.1. The van der Waals surface area contributed by atoms with Crippen LogP contribution in [0.1, 0.15) is 50.1 Å². The number of carbonyl (C=O) groups excluding carboxylic acids is 1. The number of nitrogens with one attached hydrogen (secondary N) is 1. The predicted octanol–water partition coefficient (Wildman–Crippen LogP) is 2.44. The zero-order valence-electron chi connectivity index (χ0n) is 14.5. The number of aromatic nitrogens is 3. The maximum Gasteiger partial charge on any atom is 0.331 e. The highest BCUT2D eigenvalue weighted by molar-refractivity contribution is 5.91. The topological polar surface area (TPSA) is 110 Å². The minimum atomic E-state index is -1.19. The van der Waals surface area contributed by atoms with Crippen LogP contribution in [0, 0.1) is 13.8 Å². The van der Waals surface area contributed by atoms with Crippen LogP contribution in [0.25, 0.3) is 0 Å². The van der Waals surface area contributed by atoms with Crippen molar-refractivity contribution in [2.45, 2.75) is 52.5 Å². The lowest BCUT2D eigenvalue weighted by Gasteiger charge is -2.19. The molecule has 1 unspecified atom stereocenters. The largest absolute Gasteiger partial charge is 0.479 e. The molecule has 24 heavy (non-hydrogen) atoms. The van der Waals surface area contributed by atoms with E-state index in [0.717, 1.165) is 11.3 Å². The van der Waals surface area contributed by atoms with E-state index in [2.05, 4.69) is 15.6 Å². The fraction of sp³-hybridized carbons (Fsp3) is 0.500. The first-order chi connectivity index (χ1) is 11.1. The van der Waals surface area contributed by atoms with Gasteiger partial charge in [0.1, 0.15) is 5.76 Å². The Kier molecular flexibility index (Phi) is 4.77. The van der Waals surface area contributed by atoms with Gasteiger partial charge in [-0.25, -0.2) is 4.79 Å². The molecule has 0 saturated carbocycles. The molecule has 2 N–H and O–H groups in total. The number of nitrogens with zero attached hydrogens (tertiary/aromatic N) is 3. The van der Waals surface area contributed by atoms with Gasteiger partial charge < -0.3 is 14.9 Å². The molecule has 8 heteroatoms. The van der Waals surface area contributed by atoms with Gasteiger partial charge in [-0.15, -0.1) is 0 Å². The smallest absolute Gasteiger partial charge is 0.331 e. The van der Waals surface area contributed by atoms with Crippen molar-refractivity contribution < 1.29 is 19.2 Å². The van der Waals surface area contributed by atoms with Crippen LogP contribution in [0.4, 0.5) is 5.69 Å². The van der Waals surface area contributed by atoms with E-state index < -0.39 is 11.5 Å². The summed E-state index contributed by atoms with van der Waals surface area (Å²) in [5.41, 5.74) is 0.990. The Morgan fingerprint density at radius 1 is 1.42 bits per heavy atom. The van der Waals surface area contributed by atoms with E-state index in [1.165, 1.54) is 30.9 Å². The van der Waals surface area contributed by atoms with Gasteiger partial charge in [0, 0.05) is 18.2 Å². The summed E-state index contributed by atoms with van der Waals surface area (Å²) in [7, 11) is 0. The van der Waals surface area contributed by atoms with Crippen LogP contribution in [0.15, 0.2) is 16.9 Å². The number of anilines is 1. The van der Waals surface area contributed by atoms with Crippen LogP contribution in [-0.4, -0.2) is 31.9 Å². The van der Waals surface area contributed by atoms with Gasteiger partial charge in [-0.1, -0.05) is 12.1 Å². The number of carboxylic acid groups (broad SMARTS) is 1. The molecule has 2 rings (SSSR count). The quantitative estimate of drug-likeness (QED) is 0.839. The summed E-state index contributed by atoms with van der Waals surface area (Å²) in [6.07, 6.45) is 3.20. The fourth-order valence-electron chi connectivity index (χ4n) is 2.58. The molecule has 0 spiro atoms. The zero-order valence-corrected chi connectivity index (χ0v) is 14.5. The Hall–Kier alpha value is -2.64. The first kappa shape index (κ1) is 17.7. The summed E-state index contributed by atoms with van der Waals surface area (Å²) in [4.78, 5) is 23.4. The summed E-state index contributed by atoms with van der Waals surface area (Å²) in [6.45, 7) is 8.67. The number of aryl methyl sites for hydroxylation is 2. The van der Waals surface area contributed by atoms with Gasteiger partial charge in [0.15, 0.2) is 5.54 Å². The lowest BCUT2D eigenvalue weighted by atomic mass is 9.96. The van der Waals surface area contributed by atoms with Gasteiger partial charge in [-0.05, 0) is 33.6 Å². The second-order valence-electron chi connectivity index (χ2n) is 6.43. The van der Waals surface area contributed by atoms with E-state index in [0.29, 0.717) is 11.4 Å². The van der Waals surface area contributed by atoms with E-state index in [1.807, 2.05) is 20.8 Å². The Balaban J connectivity index is 2.03. The van der Waals surface area contributed by atoms with Crippen LogP contribution in [0.2, 0.25) is 0 Å². The number of hydrogen-bond acceptors (Lipinski definition) is 5. The van der Waals surface area contributed by atoms with E-state index in [4.69, 9.17) is 4.52 Å². The third-order valence-corrected chi connectivity index (χ3v) is 4.04. The third kappa shape index (κ3) is 3.47. The molecular weight excluding hydrogens is 312 g/mol. The normalized spacial score (nSPS) is 12.9. The summed E-state index contributed by atoms with van der Waals surface area (Å²) >= 11 is 0. The minimum Gasteiger partial charge on any atom is -0.479 e. The first-order valence-electron chi connectivity index (χ1n) is 7.64. The molecule has 0 aromatic carbocycles. The second-order valence-corrected chi connectivity index (χ2v) is 6.43. The molecule has 0 fully saturated rings. The molecule has 0 radical (unpaired) electrons. The van der Waals surface area contributed by atoms with Gasteiger partial charge in [-0.3, -0.25) is 9.48 Å². The SMILES string of the molecule is Cc1noc(C)c1C(C)CC(=O)Nc1cnn(C(C)(C)C(=O)O)c1. The number of carboxylic acids is 1. The highest BCUT2D eigenvalue weighted by atomic mass is 16.5. The van der Waals surface area contributed by atoms with E-state index >= 15 is 0 Å². The lowest BCUT2D eigenvalue weighted by molar-refractivity contribution is -0.146. The molecule has 130 valence electrons. The van der Waals surface area contributed by atoms with Crippen molar-refractivity contribution in [1.82, 2.24) is 14.9 Å². The highest BCUT2D eigenvalue weighted by Gasteiger charge is 2.30. The molecule has 0 aliphatic carbocycles. The van der Waals surface area contributed by atoms with Crippen LogP contribution >= 0.6 is 0 Å². The minimum absolute atomic E-state index is 0.0400. The standard InChI is InChI=1S/C16H22N4O4/c1-9(14-10(2)19-24-11(14)3)6-13(21)18-12-7-17-20(8-12)16(4,5)15(22)23/h7-9H,6H2,1-5H3,(H,18,21)(H,22,23). The highest BCUT2D eigenvalue weighted by Crippen LogP contribution is 2.26. The Labute approximate surface area is 139 Å². The van der Waals surface area contributed by atoms with E-state index in [1.54, 1.807) is 0 Å². The second kappa shape index (κ2) is 6.46. The van der Waals surface area contributed by atoms with E-state index in [9.17, 15) is 14.7 Å². The summed E-state index contributed by atoms with van der Waals surface area (Å²) in [5.74, 6) is -0.517. The van der Waals surface area contributed by atoms with Crippen molar-refractivity contribution in [3.8, 4) is 0 Å². The number of aliphatic carboxylic acids is 1. The van der Waals surface area contributed by atoms with Crippen LogP contribution in [-0.2, 0) is 15.1 Å². The van der Waals surface area contributed by atoms with Gasteiger partial charge in [0.25, 0.3) is 0 Å². The molecule has 8 nitrogen and oxygen atoms in total. The number of rotatable bonds is 6. The average molecular weight is 334 g/mol. The van der Waals surface area contributed by atoms with Crippen LogP contribution in [0.5, 0.6) is 0 Å². The molecule has 1 atom stereocenters. The van der Waals surface area contributed by atoms with Crippen molar-refractivity contribution in [3.05, 3.63) is 29.4 Å². The van der Waals surface area contributed by atoms with Crippen molar-refractivity contribution >= 4 is 17.6 Å². The lowest BCUT2D eigenvalue weighted by Crippen LogP contribution is -2.35. The molecule has 0 aliphatic rings. The molecule has 2 aromatic heterocycles. The van der Waals surface area contributed by atoms with Gasteiger partial charge in [0.05, 0.1) is 17.6 Å². The Morgan fingerprint density at radius 3 is 2.62 bits per heavy atom.